The second kappa shape index (κ2) is 9.89. The normalized spacial score (nSPS) is 21.6. The zero-order valence-corrected chi connectivity index (χ0v) is 21.7. The molecule has 4 rings (SSSR count). The number of carbonyl (C=O) groups is 3. The Hall–Kier alpha value is -3.86. The first-order valence-electron chi connectivity index (χ1n) is 11.6. The van der Waals surface area contributed by atoms with Crippen molar-refractivity contribution in [2.75, 3.05) is 7.11 Å². The van der Waals surface area contributed by atoms with Crippen LogP contribution in [0.2, 0.25) is 0 Å². The van der Waals surface area contributed by atoms with Gasteiger partial charge in [0.15, 0.2) is 5.54 Å². The number of thiazole rings is 1. The number of aromatic nitrogens is 3. The van der Waals surface area contributed by atoms with Gasteiger partial charge in [0.2, 0.25) is 0 Å². The lowest BCUT2D eigenvalue weighted by atomic mass is 9.85. The van der Waals surface area contributed by atoms with Crippen molar-refractivity contribution >= 4 is 29.2 Å². The van der Waals surface area contributed by atoms with E-state index in [0.717, 1.165) is 5.56 Å². The zero-order chi connectivity index (χ0) is 27.0. The van der Waals surface area contributed by atoms with Crippen LogP contribution in [0.15, 0.2) is 48.4 Å². The Labute approximate surface area is 218 Å². The molecule has 0 radical (unpaired) electrons. The second-order valence-electron chi connectivity index (χ2n) is 10.0. The van der Waals surface area contributed by atoms with Crippen LogP contribution in [0.1, 0.15) is 72.2 Å². The molecule has 0 saturated carbocycles. The molecule has 1 aliphatic rings. The highest BCUT2D eigenvalue weighted by molar-refractivity contribution is 7.09. The minimum atomic E-state index is -2.04. The van der Waals surface area contributed by atoms with Crippen molar-refractivity contribution in [1.29, 1.82) is 0 Å². The first-order valence-corrected chi connectivity index (χ1v) is 12.5. The van der Waals surface area contributed by atoms with Crippen molar-refractivity contribution in [1.82, 2.24) is 19.9 Å². The van der Waals surface area contributed by atoms with Crippen molar-refractivity contribution < 1.29 is 29.3 Å². The van der Waals surface area contributed by atoms with Gasteiger partial charge in [-0.2, -0.15) is 0 Å². The summed E-state index contributed by atoms with van der Waals surface area (Å²) in [7, 11) is 1.50. The lowest BCUT2D eigenvalue weighted by Gasteiger charge is -2.37. The first kappa shape index (κ1) is 26.2. The summed E-state index contributed by atoms with van der Waals surface area (Å²) in [6.45, 7) is 6.04. The number of hydrogen-bond acceptors (Lipinski definition) is 8. The van der Waals surface area contributed by atoms with Gasteiger partial charge >= 0.3 is 11.9 Å². The number of aliphatic carboxylic acids is 2. The molecular formula is C26H28N4O6S. The smallest absolute Gasteiger partial charge is 0.330 e. The maximum Gasteiger partial charge on any atom is 0.330 e. The predicted molar refractivity (Wildman–Crippen MR) is 135 cm³/mol. The number of nitrogens with zero attached hydrogens (tertiary/aromatic N) is 4. The molecule has 3 aromatic rings. The molecule has 11 heteroatoms. The molecule has 10 nitrogen and oxygen atoms in total. The van der Waals surface area contributed by atoms with E-state index in [1.165, 1.54) is 41.9 Å². The molecule has 1 saturated heterocycles. The van der Waals surface area contributed by atoms with Gasteiger partial charge in [0.25, 0.3) is 5.91 Å². The number of benzene rings is 1. The van der Waals surface area contributed by atoms with E-state index in [2.05, 4.69) is 15.0 Å². The highest BCUT2D eigenvalue weighted by Crippen LogP contribution is 2.53. The molecule has 0 spiro atoms. The van der Waals surface area contributed by atoms with Crippen LogP contribution in [0.3, 0.4) is 0 Å². The van der Waals surface area contributed by atoms with Gasteiger partial charge in [0, 0.05) is 41.6 Å². The van der Waals surface area contributed by atoms with Gasteiger partial charge in [-0.15, -0.1) is 11.3 Å². The van der Waals surface area contributed by atoms with Gasteiger partial charge in [-0.1, -0.05) is 26.8 Å². The van der Waals surface area contributed by atoms with Gasteiger partial charge in [0.05, 0.1) is 25.3 Å². The van der Waals surface area contributed by atoms with Gasteiger partial charge < -0.3 is 19.8 Å². The van der Waals surface area contributed by atoms with Crippen molar-refractivity contribution in [3.05, 3.63) is 70.2 Å². The van der Waals surface area contributed by atoms with Crippen LogP contribution in [0.4, 0.5) is 0 Å². The molecule has 1 fully saturated rings. The fourth-order valence-electron chi connectivity index (χ4n) is 5.03. The molecule has 2 N–H and O–H groups in total. The fraction of sp³-hybridized carbons (Fsp3) is 0.385. The van der Waals surface area contributed by atoms with E-state index >= 15 is 0 Å². The van der Waals surface area contributed by atoms with Crippen LogP contribution in [0, 0.1) is 0 Å². The van der Waals surface area contributed by atoms with E-state index in [9.17, 15) is 24.6 Å². The summed E-state index contributed by atoms with van der Waals surface area (Å²) < 4.78 is 5.57. The van der Waals surface area contributed by atoms with Gasteiger partial charge in [-0.05, 0) is 29.5 Å². The molecule has 1 aliphatic heterocycles. The third kappa shape index (κ3) is 4.78. The summed E-state index contributed by atoms with van der Waals surface area (Å²) in [6.07, 6.45) is 5.09. The second-order valence-corrected chi connectivity index (χ2v) is 10.9. The molecule has 0 bridgehead atoms. The molecular weight excluding hydrogens is 496 g/mol. The minimum absolute atomic E-state index is 0.166. The largest absolute Gasteiger partial charge is 0.496 e. The average molecular weight is 525 g/mol. The maximum atomic E-state index is 14.2. The summed E-state index contributed by atoms with van der Waals surface area (Å²) in [5, 5.41) is 22.5. The molecule has 3 heterocycles. The zero-order valence-electron chi connectivity index (χ0n) is 20.9. The van der Waals surface area contributed by atoms with E-state index < -0.39 is 41.8 Å². The summed E-state index contributed by atoms with van der Waals surface area (Å²) in [4.78, 5) is 53.1. The number of likely N-dealkylation sites (tertiary alicyclic amines) is 1. The van der Waals surface area contributed by atoms with Crippen LogP contribution in [-0.4, -0.2) is 60.6 Å². The van der Waals surface area contributed by atoms with Crippen molar-refractivity contribution in [2.24, 2.45) is 0 Å². The predicted octanol–water partition coefficient (Wildman–Crippen LogP) is 3.91. The van der Waals surface area contributed by atoms with Crippen LogP contribution in [-0.2, 0) is 15.0 Å². The molecule has 1 aromatic carbocycles. The molecule has 37 heavy (non-hydrogen) atoms. The number of carboxylic acids is 2. The summed E-state index contributed by atoms with van der Waals surface area (Å²) in [6, 6.07) is 4.10. The Bertz CT molecular complexity index is 1310. The molecule has 1 amide bonds. The van der Waals surface area contributed by atoms with Crippen molar-refractivity contribution in [3.63, 3.8) is 0 Å². The number of carbonyl (C=O) groups excluding carboxylic acids is 1. The highest BCUT2D eigenvalue weighted by Gasteiger charge is 2.61. The van der Waals surface area contributed by atoms with E-state index in [-0.39, 0.29) is 17.4 Å². The number of rotatable bonds is 7. The summed E-state index contributed by atoms with van der Waals surface area (Å²) >= 11 is 1.26. The Morgan fingerprint density at radius 1 is 1.16 bits per heavy atom. The SMILES string of the molecule is COc1cc(C(=O)N2[C@@H](c3nccs3)[C@@H](c3cnccn3)C[C@]2(CC(=O)O)C(=O)O)ccc1C(C)(C)C. The lowest BCUT2D eigenvalue weighted by molar-refractivity contribution is -0.155. The number of amides is 1. The van der Waals surface area contributed by atoms with Crippen molar-refractivity contribution in [3.8, 4) is 5.75 Å². The van der Waals surface area contributed by atoms with Crippen LogP contribution >= 0.6 is 11.3 Å². The van der Waals surface area contributed by atoms with Crippen LogP contribution in [0.5, 0.6) is 5.75 Å². The number of methoxy groups -OCH3 is 1. The Kier molecular flexibility index (Phi) is 7.00. The first-order chi connectivity index (χ1) is 17.5. The van der Waals surface area contributed by atoms with Gasteiger partial charge in [-0.3, -0.25) is 19.6 Å². The fourth-order valence-corrected chi connectivity index (χ4v) is 5.82. The van der Waals surface area contributed by atoms with E-state index in [0.29, 0.717) is 16.5 Å². The van der Waals surface area contributed by atoms with Crippen molar-refractivity contribution in [2.45, 2.75) is 56.5 Å². The van der Waals surface area contributed by atoms with Crippen LogP contribution < -0.4 is 4.74 Å². The lowest BCUT2D eigenvalue weighted by Crippen LogP contribution is -2.55. The molecule has 3 atom stereocenters. The minimum Gasteiger partial charge on any atom is -0.496 e. The summed E-state index contributed by atoms with van der Waals surface area (Å²) in [5.41, 5.74) is -0.805. The Morgan fingerprint density at radius 2 is 1.92 bits per heavy atom. The summed E-state index contributed by atoms with van der Waals surface area (Å²) in [5.74, 6) is -3.54. The number of carboxylic acid groups (broad SMARTS) is 2. The van der Waals surface area contributed by atoms with Crippen LogP contribution in [0.25, 0.3) is 0 Å². The number of hydrogen-bond donors (Lipinski definition) is 2. The monoisotopic (exact) mass is 524 g/mol. The third-order valence-corrected chi connectivity index (χ3v) is 7.51. The average Bonchev–Trinajstić information content (AvgIpc) is 3.49. The Morgan fingerprint density at radius 3 is 2.46 bits per heavy atom. The molecule has 0 unspecified atom stereocenters. The Balaban J connectivity index is 1.93. The van der Waals surface area contributed by atoms with E-state index in [1.54, 1.807) is 29.8 Å². The molecule has 194 valence electrons. The quantitative estimate of drug-likeness (QED) is 0.470. The van der Waals surface area contributed by atoms with E-state index in [1.807, 2.05) is 20.8 Å². The molecule has 0 aliphatic carbocycles. The standard InChI is InChI=1S/C26H28N4O6S/c1-25(2,3)17-6-5-15(11-19(17)36-4)23(33)30-21(22-29-9-10-37-22)16(18-14-27-7-8-28-18)12-26(30,24(34)35)13-20(31)32/h5-11,14,16,21H,12-13H2,1-4H3,(H,31,32)(H,34,35)/t16-,21-,26+/m1/s1. The third-order valence-electron chi connectivity index (χ3n) is 6.66. The highest BCUT2D eigenvalue weighted by atomic mass is 32.1. The van der Waals surface area contributed by atoms with Gasteiger partial charge in [0.1, 0.15) is 10.8 Å². The number of ether oxygens (including phenoxy) is 1. The van der Waals surface area contributed by atoms with Gasteiger partial charge in [-0.25, -0.2) is 9.78 Å². The molecule has 2 aromatic heterocycles. The van der Waals surface area contributed by atoms with E-state index in [4.69, 9.17) is 4.74 Å². The maximum absolute atomic E-state index is 14.2. The topological polar surface area (TPSA) is 143 Å².